The van der Waals surface area contributed by atoms with Gasteiger partial charge in [0.2, 0.25) is 0 Å². The van der Waals surface area contributed by atoms with Gasteiger partial charge in [0.05, 0.1) is 5.69 Å². The molecule has 106 valence electrons. The Kier molecular flexibility index (Phi) is 3.67. The van der Waals surface area contributed by atoms with Crippen LogP contribution in [0.3, 0.4) is 0 Å². The van der Waals surface area contributed by atoms with Crippen molar-refractivity contribution in [3.8, 4) is 0 Å². The van der Waals surface area contributed by atoms with E-state index in [1.165, 1.54) is 0 Å². The lowest BCUT2D eigenvalue weighted by Gasteiger charge is -2.16. The molecule has 0 saturated carbocycles. The maximum Gasteiger partial charge on any atom is 0.272 e. The van der Waals surface area contributed by atoms with Crippen molar-refractivity contribution >= 4 is 5.91 Å². The van der Waals surface area contributed by atoms with Crippen LogP contribution in [0, 0.1) is 5.92 Å². The van der Waals surface area contributed by atoms with Gasteiger partial charge in [-0.25, -0.2) is 0 Å². The average Bonchev–Trinajstić information content (AvgIpc) is 2.93. The lowest BCUT2D eigenvalue weighted by Crippen LogP contribution is -2.30. The lowest BCUT2D eigenvalue weighted by molar-refractivity contribution is 0.0771. The minimum absolute atomic E-state index is 0.0152. The molecule has 1 aromatic rings. The average molecular weight is 265 g/mol. The zero-order valence-electron chi connectivity index (χ0n) is 12.2. The quantitative estimate of drug-likeness (QED) is 0.873. The first-order valence-corrected chi connectivity index (χ1v) is 6.77. The number of likely N-dealkylation sites (tertiary alicyclic amines) is 1. The largest absolute Gasteiger partial charge is 0.396 e. The van der Waals surface area contributed by atoms with E-state index in [0.717, 1.165) is 18.7 Å². The summed E-state index contributed by atoms with van der Waals surface area (Å²) in [5, 5.41) is 13.6. The van der Waals surface area contributed by atoms with Crippen molar-refractivity contribution in [1.82, 2.24) is 14.7 Å². The molecular formula is C14H23N3O2. The molecule has 1 unspecified atom stereocenters. The normalized spacial score (nSPS) is 20.1. The summed E-state index contributed by atoms with van der Waals surface area (Å²) in [5.74, 6) is 0.237. The van der Waals surface area contributed by atoms with Crippen molar-refractivity contribution in [3.05, 3.63) is 17.5 Å². The van der Waals surface area contributed by atoms with Gasteiger partial charge in [0.25, 0.3) is 5.91 Å². The summed E-state index contributed by atoms with van der Waals surface area (Å²) < 4.78 is 1.66. The third kappa shape index (κ3) is 2.81. The molecule has 1 amide bonds. The summed E-state index contributed by atoms with van der Waals surface area (Å²) in [4.78, 5) is 14.3. The minimum Gasteiger partial charge on any atom is -0.396 e. The number of aryl methyl sites for hydroxylation is 1. The highest BCUT2D eigenvalue weighted by molar-refractivity contribution is 5.93. The van der Waals surface area contributed by atoms with Gasteiger partial charge in [0.15, 0.2) is 0 Å². The second-order valence-corrected chi connectivity index (χ2v) is 6.38. The third-order valence-electron chi connectivity index (χ3n) is 3.70. The Morgan fingerprint density at radius 3 is 2.68 bits per heavy atom. The number of amides is 1. The summed E-state index contributed by atoms with van der Waals surface area (Å²) >= 11 is 0. The van der Waals surface area contributed by atoms with Crippen LogP contribution in [0.5, 0.6) is 0 Å². The highest BCUT2D eigenvalue weighted by Crippen LogP contribution is 2.23. The highest BCUT2D eigenvalue weighted by atomic mass is 16.3. The van der Waals surface area contributed by atoms with Crippen LogP contribution in [-0.4, -0.2) is 45.4 Å². The third-order valence-corrected chi connectivity index (χ3v) is 3.70. The second kappa shape index (κ2) is 4.96. The first kappa shape index (κ1) is 14.1. The number of nitrogens with zero attached hydrogens (tertiary/aromatic N) is 3. The van der Waals surface area contributed by atoms with Gasteiger partial charge < -0.3 is 10.0 Å². The molecule has 0 aliphatic carbocycles. The molecule has 0 bridgehead atoms. The van der Waals surface area contributed by atoms with Crippen LogP contribution in [-0.2, 0) is 12.5 Å². The van der Waals surface area contributed by atoms with E-state index in [1.54, 1.807) is 4.68 Å². The van der Waals surface area contributed by atoms with E-state index in [1.807, 2.05) is 18.0 Å². The molecule has 0 aromatic carbocycles. The molecule has 1 N–H and O–H groups in total. The van der Waals surface area contributed by atoms with Gasteiger partial charge in [-0.3, -0.25) is 9.48 Å². The Morgan fingerprint density at radius 2 is 2.21 bits per heavy atom. The van der Waals surface area contributed by atoms with Gasteiger partial charge >= 0.3 is 0 Å². The lowest BCUT2D eigenvalue weighted by atomic mass is 9.92. The summed E-state index contributed by atoms with van der Waals surface area (Å²) in [7, 11) is 1.81. The summed E-state index contributed by atoms with van der Waals surface area (Å²) in [6.07, 6.45) is 0.881. The fraction of sp³-hybridized carbons (Fsp3) is 0.714. The Balaban J connectivity index is 2.18. The summed E-state index contributed by atoms with van der Waals surface area (Å²) in [6, 6.07) is 1.88. The first-order chi connectivity index (χ1) is 8.82. The number of aliphatic hydroxyl groups excluding tert-OH is 1. The maximum absolute atomic E-state index is 12.5. The number of carbonyl (C=O) groups is 1. The van der Waals surface area contributed by atoms with Crippen molar-refractivity contribution in [2.45, 2.75) is 32.6 Å². The zero-order valence-corrected chi connectivity index (χ0v) is 12.2. The highest BCUT2D eigenvalue weighted by Gasteiger charge is 2.29. The van der Waals surface area contributed by atoms with E-state index in [9.17, 15) is 4.79 Å². The molecule has 1 fully saturated rings. The fourth-order valence-electron chi connectivity index (χ4n) is 2.36. The molecule has 1 atom stereocenters. The maximum atomic E-state index is 12.5. The predicted molar refractivity (Wildman–Crippen MR) is 73.0 cm³/mol. The van der Waals surface area contributed by atoms with Crippen LogP contribution >= 0.6 is 0 Å². The van der Waals surface area contributed by atoms with Gasteiger partial charge in [0, 0.05) is 38.1 Å². The van der Waals surface area contributed by atoms with Gasteiger partial charge in [-0.15, -0.1) is 0 Å². The van der Waals surface area contributed by atoms with E-state index in [2.05, 4.69) is 25.9 Å². The van der Waals surface area contributed by atoms with Crippen LogP contribution in [0.2, 0.25) is 0 Å². The van der Waals surface area contributed by atoms with Crippen molar-refractivity contribution in [3.63, 3.8) is 0 Å². The Labute approximate surface area is 114 Å². The number of hydrogen-bond donors (Lipinski definition) is 1. The smallest absolute Gasteiger partial charge is 0.272 e. The summed E-state index contributed by atoms with van der Waals surface area (Å²) in [6.45, 7) is 7.78. The molecule has 5 heteroatoms. The summed E-state index contributed by atoms with van der Waals surface area (Å²) in [5.41, 5.74) is 1.49. The fourth-order valence-corrected chi connectivity index (χ4v) is 2.36. The van der Waals surface area contributed by atoms with Gasteiger partial charge in [-0.2, -0.15) is 5.10 Å². The molecule has 19 heavy (non-hydrogen) atoms. The van der Waals surface area contributed by atoms with E-state index in [0.29, 0.717) is 12.2 Å². The molecular weight excluding hydrogens is 242 g/mol. The second-order valence-electron chi connectivity index (χ2n) is 6.38. The van der Waals surface area contributed by atoms with Crippen LogP contribution < -0.4 is 0 Å². The van der Waals surface area contributed by atoms with Crippen LogP contribution in [0.25, 0.3) is 0 Å². The molecule has 2 heterocycles. The van der Waals surface area contributed by atoms with E-state index < -0.39 is 0 Å². The number of aliphatic hydroxyl groups is 1. The molecule has 5 nitrogen and oxygen atoms in total. The Hall–Kier alpha value is -1.36. The molecule has 1 aromatic heterocycles. The van der Waals surface area contributed by atoms with Crippen LogP contribution in [0.15, 0.2) is 6.07 Å². The standard InChI is InChI=1S/C14H23N3O2/c1-14(2,3)12-7-11(16(4)15-12)13(19)17-6-5-10(8-17)9-18/h7,10,18H,5-6,8-9H2,1-4H3. The topological polar surface area (TPSA) is 58.4 Å². The van der Waals surface area contributed by atoms with Crippen molar-refractivity contribution in [2.75, 3.05) is 19.7 Å². The van der Waals surface area contributed by atoms with Crippen LogP contribution in [0.1, 0.15) is 43.4 Å². The molecule has 1 aliphatic heterocycles. The SMILES string of the molecule is Cn1nc(C(C)(C)C)cc1C(=O)N1CCC(CO)C1. The van der Waals surface area contributed by atoms with Crippen LogP contribution in [0.4, 0.5) is 0 Å². The first-order valence-electron chi connectivity index (χ1n) is 6.77. The number of carbonyl (C=O) groups excluding carboxylic acids is 1. The van der Waals surface area contributed by atoms with Gasteiger partial charge in [-0.1, -0.05) is 20.8 Å². The van der Waals surface area contributed by atoms with E-state index >= 15 is 0 Å². The van der Waals surface area contributed by atoms with Gasteiger partial charge in [-0.05, 0) is 12.5 Å². The molecule has 0 spiro atoms. The molecule has 1 saturated heterocycles. The van der Waals surface area contributed by atoms with Crippen molar-refractivity contribution in [1.29, 1.82) is 0 Å². The monoisotopic (exact) mass is 265 g/mol. The molecule has 2 rings (SSSR count). The van der Waals surface area contributed by atoms with Crippen molar-refractivity contribution < 1.29 is 9.90 Å². The number of rotatable bonds is 2. The van der Waals surface area contributed by atoms with Gasteiger partial charge in [0.1, 0.15) is 5.69 Å². The Bertz CT molecular complexity index is 474. The molecule has 0 radical (unpaired) electrons. The number of aromatic nitrogens is 2. The minimum atomic E-state index is -0.0606. The predicted octanol–water partition coefficient (Wildman–Crippen LogP) is 1.17. The van der Waals surface area contributed by atoms with Crippen molar-refractivity contribution in [2.24, 2.45) is 13.0 Å². The van der Waals surface area contributed by atoms with E-state index in [4.69, 9.17) is 5.11 Å². The zero-order chi connectivity index (χ0) is 14.2. The Morgan fingerprint density at radius 1 is 1.53 bits per heavy atom. The molecule has 1 aliphatic rings. The number of hydrogen-bond acceptors (Lipinski definition) is 3. The van der Waals surface area contributed by atoms with E-state index in [-0.39, 0.29) is 23.8 Å².